The van der Waals surface area contributed by atoms with Crippen LogP contribution < -0.4 is 16.4 Å². The molecule has 0 bridgehead atoms. The minimum absolute atomic E-state index is 0.00250. The van der Waals surface area contributed by atoms with Crippen molar-refractivity contribution < 1.29 is 9.59 Å². The molecule has 0 aliphatic heterocycles. The molecule has 0 saturated heterocycles. The van der Waals surface area contributed by atoms with Crippen molar-refractivity contribution in [2.24, 2.45) is 5.73 Å². The van der Waals surface area contributed by atoms with E-state index < -0.39 is 6.04 Å². The first-order valence-electron chi connectivity index (χ1n) is 20.0. The van der Waals surface area contributed by atoms with E-state index in [1.807, 2.05) is 0 Å². The SMILES string of the molecule is CCCCC/C=C\C/C=C\CCCCCCCCNC(=O)C(CCCCN)NC(=O)CCCCCCC/C=C\C/C=C\CCCCC. The number of rotatable bonds is 35. The van der Waals surface area contributed by atoms with Crippen LogP contribution in [-0.4, -0.2) is 30.9 Å². The normalized spacial score (nSPS) is 12.7. The van der Waals surface area contributed by atoms with Crippen molar-refractivity contribution in [1.29, 1.82) is 0 Å². The van der Waals surface area contributed by atoms with E-state index in [9.17, 15) is 9.59 Å². The van der Waals surface area contributed by atoms with Gasteiger partial charge in [0.2, 0.25) is 11.8 Å². The Bertz CT molecular complexity index is 802. The van der Waals surface area contributed by atoms with Gasteiger partial charge in [-0.1, -0.05) is 133 Å². The second kappa shape index (κ2) is 38.3. The summed E-state index contributed by atoms with van der Waals surface area (Å²) in [6, 6.07) is -0.448. The topological polar surface area (TPSA) is 84.2 Å². The lowest BCUT2D eigenvalue weighted by molar-refractivity contribution is -0.129. The summed E-state index contributed by atoms with van der Waals surface area (Å²) in [5, 5.41) is 6.09. The molecule has 47 heavy (non-hydrogen) atoms. The second-order valence-corrected chi connectivity index (χ2v) is 13.3. The van der Waals surface area contributed by atoms with Gasteiger partial charge < -0.3 is 16.4 Å². The average molecular weight is 656 g/mol. The molecule has 2 amide bonds. The van der Waals surface area contributed by atoms with Gasteiger partial charge in [-0.05, 0) is 103 Å². The Kier molecular flexibility index (Phi) is 36.6. The van der Waals surface area contributed by atoms with Gasteiger partial charge >= 0.3 is 0 Å². The number of allylic oxidation sites excluding steroid dienone is 8. The molecule has 5 nitrogen and oxygen atoms in total. The smallest absolute Gasteiger partial charge is 0.242 e. The second-order valence-electron chi connectivity index (χ2n) is 13.3. The quantitative estimate of drug-likeness (QED) is 0.0469. The number of nitrogens with two attached hydrogens (primary N) is 1. The van der Waals surface area contributed by atoms with Crippen LogP contribution in [-0.2, 0) is 9.59 Å². The monoisotopic (exact) mass is 656 g/mol. The number of carbonyl (C=O) groups is 2. The highest BCUT2D eigenvalue weighted by molar-refractivity contribution is 5.87. The van der Waals surface area contributed by atoms with Crippen LogP contribution in [0.5, 0.6) is 0 Å². The number of hydrogen-bond donors (Lipinski definition) is 3. The first-order chi connectivity index (χ1) is 23.2. The number of nitrogens with one attached hydrogen (secondary N) is 2. The van der Waals surface area contributed by atoms with Crippen LogP contribution in [0.3, 0.4) is 0 Å². The summed E-state index contributed by atoms with van der Waals surface area (Å²) in [6.45, 7) is 5.79. The Hall–Kier alpha value is -2.14. The lowest BCUT2D eigenvalue weighted by Gasteiger charge is -2.18. The van der Waals surface area contributed by atoms with Gasteiger partial charge in [0.25, 0.3) is 0 Å². The van der Waals surface area contributed by atoms with E-state index in [4.69, 9.17) is 5.73 Å². The molecule has 272 valence electrons. The molecule has 4 N–H and O–H groups in total. The third-order valence-electron chi connectivity index (χ3n) is 8.63. The van der Waals surface area contributed by atoms with Gasteiger partial charge in [0.15, 0.2) is 0 Å². The van der Waals surface area contributed by atoms with Crippen molar-refractivity contribution in [3.8, 4) is 0 Å². The zero-order chi connectivity index (χ0) is 34.3. The summed E-state index contributed by atoms with van der Waals surface area (Å²) in [5.74, 6) is -0.0460. The van der Waals surface area contributed by atoms with E-state index in [1.165, 1.54) is 96.3 Å². The van der Waals surface area contributed by atoms with E-state index in [0.717, 1.165) is 64.2 Å². The van der Waals surface area contributed by atoms with Crippen molar-refractivity contribution in [3.05, 3.63) is 48.6 Å². The van der Waals surface area contributed by atoms with Crippen molar-refractivity contribution in [1.82, 2.24) is 10.6 Å². The van der Waals surface area contributed by atoms with E-state index >= 15 is 0 Å². The van der Waals surface area contributed by atoms with E-state index in [2.05, 4.69) is 73.1 Å². The van der Waals surface area contributed by atoms with Crippen LogP contribution in [0.1, 0.15) is 187 Å². The summed E-state index contributed by atoms with van der Waals surface area (Å²) < 4.78 is 0. The Morgan fingerprint density at radius 1 is 0.532 bits per heavy atom. The van der Waals surface area contributed by atoms with Crippen LogP contribution in [0.4, 0.5) is 0 Å². The molecule has 0 aromatic rings. The number of unbranched alkanes of at least 4 members (excludes halogenated alkanes) is 18. The van der Waals surface area contributed by atoms with Gasteiger partial charge in [-0.25, -0.2) is 0 Å². The number of carbonyl (C=O) groups excluding carboxylic acids is 2. The Balaban J connectivity index is 3.92. The third-order valence-corrected chi connectivity index (χ3v) is 8.63. The molecule has 0 radical (unpaired) electrons. The molecule has 0 spiro atoms. The van der Waals surface area contributed by atoms with Crippen molar-refractivity contribution in [2.45, 2.75) is 193 Å². The fourth-order valence-electron chi connectivity index (χ4n) is 5.57. The Morgan fingerprint density at radius 3 is 1.47 bits per heavy atom. The molecule has 0 saturated carbocycles. The fourth-order valence-corrected chi connectivity index (χ4v) is 5.57. The van der Waals surface area contributed by atoms with Gasteiger partial charge in [0.1, 0.15) is 6.04 Å². The van der Waals surface area contributed by atoms with Crippen molar-refractivity contribution in [3.63, 3.8) is 0 Å². The Morgan fingerprint density at radius 2 is 0.979 bits per heavy atom. The molecule has 0 rings (SSSR count). The van der Waals surface area contributed by atoms with Gasteiger partial charge in [-0.15, -0.1) is 0 Å². The molecule has 0 aromatic carbocycles. The van der Waals surface area contributed by atoms with Crippen LogP contribution in [0.2, 0.25) is 0 Å². The van der Waals surface area contributed by atoms with Gasteiger partial charge in [-0.2, -0.15) is 0 Å². The minimum atomic E-state index is -0.448. The summed E-state index contributed by atoms with van der Waals surface area (Å²) in [4.78, 5) is 25.5. The number of amides is 2. The molecule has 0 aliphatic rings. The zero-order valence-corrected chi connectivity index (χ0v) is 31.1. The largest absolute Gasteiger partial charge is 0.354 e. The molecule has 5 heteroatoms. The van der Waals surface area contributed by atoms with Crippen LogP contribution in [0, 0.1) is 0 Å². The van der Waals surface area contributed by atoms with Crippen molar-refractivity contribution in [2.75, 3.05) is 13.1 Å². The molecule has 1 unspecified atom stereocenters. The molecule has 1 atom stereocenters. The first-order valence-corrected chi connectivity index (χ1v) is 20.0. The van der Waals surface area contributed by atoms with E-state index in [-0.39, 0.29) is 11.8 Å². The van der Waals surface area contributed by atoms with E-state index in [1.54, 1.807) is 0 Å². The fraction of sp³-hybridized carbons (Fsp3) is 0.762. The maximum Gasteiger partial charge on any atom is 0.242 e. The first kappa shape index (κ1) is 44.9. The maximum absolute atomic E-state index is 12.9. The molecular formula is C42H77N3O2. The molecule has 0 aliphatic carbocycles. The molecule has 0 fully saturated rings. The summed E-state index contributed by atoms with van der Waals surface area (Å²) >= 11 is 0. The van der Waals surface area contributed by atoms with Crippen molar-refractivity contribution >= 4 is 11.8 Å². The average Bonchev–Trinajstić information content (AvgIpc) is 3.07. The molecule has 0 heterocycles. The zero-order valence-electron chi connectivity index (χ0n) is 31.1. The van der Waals surface area contributed by atoms with Gasteiger partial charge in [-0.3, -0.25) is 9.59 Å². The molecule has 0 aromatic heterocycles. The summed E-state index contributed by atoms with van der Waals surface area (Å²) in [5.41, 5.74) is 5.67. The lowest BCUT2D eigenvalue weighted by atomic mass is 10.1. The predicted molar refractivity (Wildman–Crippen MR) is 207 cm³/mol. The highest BCUT2D eigenvalue weighted by Gasteiger charge is 2.19. The predicted octanol–water partition coefficient (Wildman–Crippen LogP) is 11.3. The third kappa shape index (κ3) is 35.0. The highest BCUT2D eigenvalue weighted by atomic mass is 16.2. The minimum Gasteiger partial charge on any atom is -0.354 e. The summed E-state index contributed by atoms with van der Waals surface area (Å²) in [7, 11) is 0. The molecular weight excluding hydrogens is 578 g/mol. The van der Waals surface area contributed by atoms with Crippen LogP contribution in [0.15, 0.2) is 48.6 Å². The summed E-state index contributed by atoms with van der Waals surface area (Å²) in [6.07, 6.45) is 48.6. The standard InChI is InChI=1S/C42H77N3O2/c1-3-5-7-9-11-13-15-17-19-21-23-25-27-29-31-35-39-44-42(47)40(36-33-34-38-43)45-41(46)37-32-30-28-26-24-22-20-18-16-14-12-10-8-6-4-2/h11-14,17-20,40H,3-10,15-16,21-39,43H2,1-2H3,(H,44,47)(H,45,46)/b13-11-,14-12-,19-17-,20-18-. The van der Waals surface area contributed by atoms with Gasteiger partial charge in [0.05, 0.1) is 0 Å². The van der Waals surface area contributed by atoms with Gasteiger partial charge in [0, 0.05) is 13.0 Å². The maximum atomic E-state index is 12.9. The van der Waals surface area contributed by atoms with Crippen LogP contribution in [0.25, 0.3) is 0 Å². The van der Waals surface area contributed by atoms with Crippen LogP contribution >= 0.6 is 0 Å². The number of hydrogen-bond acceptors (Lipinski definition) is 3. The lowest BCUT2D eigenvalue weighted by Crippen LogP contribution is -2.47. The van der Waals surface area contributed by atoms with E-state index in [0.29, 0.717) is 25.9 Å². The highest BCUT2D eigenvalue weighted by Crippen LogP contribution is 2.10. The Labute approximate surface area is 292 Å².